The van der Waals surface area contributed by atoms with Gasteiger partial charge in [0, 0.05) is 16.3 Å². The van der Waals surface area contributed by atoms with Crippen molar-refractivity contribution < 1.29 is 0 Å². The van der Waals surface area contributed by atoms with E-state index < -0.39 is 0 Å². The van der Waals surface area contributed by atoms with Crippen molar-refractivity contribution in [1.29, 1.82) is 0 Å². The van der Waals surface area contributed by atoms with E-state index >= 15 is 0 Å². The van der Waals surface area contributed by atoms with E-state index in [1.165, 1.54) is 26.7 Å². The zero-order valence-corrected chi connectivity index (χ0v) is 14.4. The van der Waals surface area contributed by atoms with Crippen LogP contribution >= 0.6 is 46.2 Å². The SMILES string of the molecule is S=c1scnn1CN1CCc2sccc2[C@@H]1c1cccs1. The lowest BCUT2D eigenvalue weighted by Gasteiger charge is -2.35. The van der Waals surface area contributed by atoms with E-state index in [4.69, 9.17) is 12.2 Å². The number of rotatable bonds is 3. The summed E-state index contributed by atoms with van der Waals surface area (Å²) in [6.45, 7) is 1.82. The molecule has 0 amide bonds. The molecule has 108 valence electrons. The van der Waals surface area contributed by atoms with Crippen molar-refractivity contribution in [3.63, 3.8) is 0 Å². The van der Waals surface area contributed by atoms with Gasteiger partial charge in [0.1, 0.15) is 5.51 Å². The summed E-state index contributed by atoms with van der Waals surface area (Å²) in [6.07, 6.45) is 1.12. The Morgan fingerprint density at radius 3 is 2.95 bits per heavy atom. The number of fused-ring (bicyclic) bond motifs is 1. The molecule has 4 heterocycles. The Labute approximate surface area is 140 Å². The molecule has 0 bridgehead atoms. The topological polar surface area (TPSA) is 21.1 Å². The molecule has 0 aliphatic carbocycles. The number of hydrogen-bond donors (Lipinski definition) is 0. The highest BCUT2D eigenvalue weighted by molar-refractivity contribution is 7.73. The molecule has 7 heteroatoms. The summed E-state index contributed by atoms with van der Waals surface area (Å²) in [5.74, 6) is 0. The molecule has 0 radical (unpaired) electrons. The summed E-state index contributed by atoms with van der Waals surface area (Å²) in [5.41, 5.74) is 3.28. The summed E-state index contributed by atoms with van der Waals surface area (Å²) in [4.78, 5) is 5.40. The van der Waals surface area contributed by atoms with Crippen LogP contribution in [0.1, 0.15) is 21.4 Å². The first-order chi connectivity index (χ1) is 10.3. The standard InChI is InChI=1S/C14H13N3S4/c18-14-17(15-8-21-14)9-16-5-3-11-10(4-7-20-11)13(16)12-2-1-6-19-12/h1-2,4,6-8,13H,3,5,9H2/t13-/m1/s1. The van der Waals surface area contributed by atoms with E-state index in [-0.39, 0.29) is 0 Å². The Bertz CT molecular complexity index is 783. The van der Waals surface area contributed by atoms with Gasteiger partial charge in [0.15, 0.2) is 3.95 Å². The fourth-order valence-corrected chi connectivity index (χ4v) is 5.29. The molecule has 0 N–H and O–H groups in total. The molecule has 1 aliphatic rings. The number of hydrogen-bond acceptors (Lipinski definition) is 6. The van der Waals surface area contributed by atoms with Crippen LogP contribution < -0.4 is 0 Å². The highest BCUT2D eigenvalue weighted by atomic mass is 32.1. The van der Waals surface area contributed by atoms with E-state index in [9.17, 15) is 0 Å². The van der Waals surface area contributed by atoms with Gasteiger partial charge in [-0.1, -0.05) is 17.4 Å². The van der Waals surface area contributed by atoms with Crippen LogP contribution in [0, 0.1) is 3.95 Å². The van der Waals surface area contributed by atoms with Crippen LogP contribution in [0.3, 0.4) is 0 Å². The summed E-state index contributed by atoms with van der Waals surface area (Å²) >= 11 is 10.6. The van der Waals surface area contributed by atoms with Gasteiger partial charge in [-0.3, -0.25) is 4.90 Å². The van der Waals surface area contributed by atoms with E-state index in [1.807, 2.05) is 32.9 Å². The first-order valence-corrected chi connectivity index (χ1v) is 9.72. The normalized spacial score (nSPS) is 18.8. The van der Waals surface area contributed by atoms with Crippen molar-refractivity contribution >= 4 is 46.2 Å². The van der Waals surface area contributed by atoms with Gasteiger partial charge >= 0.3 is 0 Å². The molecule has 0 saturated heterocycles. The smallest absolute Gasteiger partial charge is 0.180 e. The molecular weight excluding hydrogens is 338 g/mol. The van der Waals surface area contributed by atoms with Gasteiger partial charge < -0.3 is 0 Å². The quantitative estimate of drug-likeness (QED) is 0.653. The molecule has 1 aliphatic heterocycles. The Hall–Kier alpha value is -0.860. The number of thiophene rings is 2. The minimum absolute atomic E-state index is 0.337. The maximum Gasteiger partial charge on any atom is 0.180 e. The third kappa shape index (κ3) is 2.53. The predicted molar refractivity (Wildman–Crippen MR) is 91.8 cm³/mol. The molecule has 1 atom stereocenters. The largest absolute Gasteiger partial charge is 0.272 e. The molecule has 0 spiro atoms. The van der Waals surface area contributed by atoms with Gasteiger partial charge in [0.25, 0.3) is 0 Å². The first kappa shape index (κ1) is 13.8. The van der Waals surface area contributed by atoms with Crippen molar-refractivity contribution in [2.75, 3.05) is 6.54 Å². The molecule has 3 aromatic heterocycles. The second-order valence-electron chi connectivity index (χ2n) is 4.93. The molecule has 3 aromatic rings. The average Bonchev–Trinajstić information content (AvgIpc) is 3.21. The van der Waals surface area contributed by atoms with Crippen LogP contribution in [0.25, 0.3) is 0 Å². The average molecular weight is 352 g/mol. The first-order valence-electron chi connectivity index (χ1n) is 6.67. The molecular formula is C14H13N3S4. The zero-order valence-electron chi connectivity index (χ0n) is 11.1. The Morgan fingerprint density at radius 1 is 1.24 bits per heavy atom. The number of nitrogens with zero attached hydrogens (tertiary/aromatic N) is 3. The molecule has 0 unspecified atom stereocenters. The maximum atomic E-state index is 5.35. The van der Waals surface area contributed by atoms with Gasteiger partial charge in [0.2, 0.25) is 0 Å². The van der Waals surface area contributed by atoms with Crippen molar-refractivity contribution in [1.82, 2.24) is 14.7 Å². The van der Waals surface area contributed by atoms with Gasteiger partial charge in [-0.2, -0.15) is 5.10 Å². The van der Waals surface area contributed by atoms with Crippen molar-refractivity contribution in [2.45, 2.75) is 19.1 Å². The van der Waals surface area contributed by atoms with Crippen LogP contribution in [-0.2, 0) is 13.1 Å². The highest BCUT2D eigenvalue weighted by Gasteiger charge is 2.30. The molecule has 0 aromatic carbocycles. The van der Waals surface area contributed by atoms with Crippen molar-refractivity contribution in [2.24, 2.45) is 0 Å². The van der Waals surface area contributed by atoms with Crippen molar-refractivity contribution in [3.05, 3.63) is 53.7 Å². The monoisotopic (exact) mass is 351 g/mol. The second kappa shape index (κ2) is 5.73. The van der Waals surface area contributed by atoms with E-state index in [0.29, 0.717) is 6.04 Å². The molecule has 0 fully saturated rings. The van der Waals surface area contributed by atoms with Crippen LogP contribution in [-0.4, -0.2) is 21.2 Å². The Kier molecular flexibility index (Phi) is 3.76. The zero-order chi connectivity index (χ0) is 14.2. The summed E-state index contributed by atoms with van der Waals surface area (Å²) in [5, 5.41) is 8.73. The van der Waals surface area contributed by atoms with Crippen LogP contribution in [0.4, 0.5) is 0 Å². The lowest BCUT2D eigenvalue weighted by Crippen LogP contribution is -2.36. The molecule has 4 rings (SSSR count). The Balaban J connectivity index is 1.73. The Morgan fingerprint density at radius 2 is 2.19 bits per heavy atom. The molecule has 0 saturated carbocycles. The minimum Gasteiger partial charge on any atom is -0.272 e. The van der Waals surface area contributed by atoms with E-state index in [2.05, 4.69) is 39.0 Å². The van der Waals surface area contributed by atoms with Crippen molar-refractivity contribution in [3.8, 4) is 0 Å². The fraction of sp³-hybridized carbons (Fsp3) is 0.286. The van der Waals surface area contributed by atoms with Crippen LogP contribution in [0.2, 0.25) is 0 Å². The van der Waals surface area contributed by atoms with E-state index in [0.717, 1.165) is 23.6 Å². The highest BCUT2D eigenvalue weighted by Crippen LogP contribution is 2.39. The lowest BCUT2D eigenvalue weighted by molar-refractivity contribution is 0.159. The summed E-state index contributed by atoms with van der Waals surface area (Å²) in [6, 6.07) is 6.98. The fourth-order valence-electron chi connectivity index (χ4n) is 2.80. The van der Waals surface area contributed by atoms with Crippen LogP contribution in [0.15, 0.2) is 34.5 Å². The predicted octanol–water partition coefficient (Wildman–Crippen LogP) is 4.40. The van der Waals surface area contributed by atoms with Gasteiger partial charge in [-0.05, 0) is 47.1 Å². The van der Waals surface area contributed by atoms with E-state index in [1.54, 1.807) is 0 Å². The minimum atomic E-state index is 0.337. The molecule has 3 nitrogen and oxygen atoms in total. The van der Waals surface area contributed by atoms with Crippen LogP contribution in [0.5, 0.6) is 0 Å². The van der Waals surface area contributed by atoms with Gasteiger partial charge in [-0.25, -0.2) is 4.68 Å². The second-order valence-corrected chi connectivity index (χ2v) is 8.38. The third-order valence-corrected chi connectivity index (χ3v) is 6.78. The van der Waals surface area contributed by atoms with Gasteiger partial charge in [0.05, 0.1) is 12.7 Å². The third-order valence-electron chi connectivity index (χ3n) is 3.74. The lowest BCUT2D eigenvalue weighted by atomic mass is 9.99. The summed E-state index contributed by atoms with van der Waals surface area (Å²) in [7, 11) is 0. The maximum absolute atomic E-state index is 5.35. The molecule has 21 heavy (non-hydrogen) atoms. The van der Waals surface area contributed by atoms with Gasteiger partial charge in [-0.15, -0.1) is 22.7 Å². The number of aromatic nitrogens is 2. The summed E-state index contributed by atoms with van der Waals surface area (Å²) < 4.78 is 2.77.